The molecule has 6 heteroatoms. The van der Waals surface area contributed by atoms with E-state index < -0.39 is 0 Å². The smallest absolute Gasteiger partial charge is 0.255 e. The third-order valence-corrected chi connectivity index (χ3v) is 5.11. The van der Waals surface area contributed by atoms with E-state index in [0.717, 1.165) is 30.2 Å². The molecule has 0 unspecified atom stereocenters. The van der Waals surface area contributed by atoms with E-state index in [1.807, 2.05) is 36.4 Å². The number of hydrogen-bond acceptors (Lipinski definition) is 4. The van der Waals surface area contributed by atoms with Crippen molar-refractivity contribution in [2.24, 2.45) is 0 Å². The van der Waals surface area contributed by atoms with Crippen molar-refractivity contribution in [3.8, 4) is 11.3 Å². The van der Waals surface area contributed by atoms with E-state index in [4.69, 9.17) is 11.6 Å². The van der Waals surface area contributed by atoms with Crippen LogP contribution in [0, 0.1) is 0 Å². The highest BCUT2D eigenvalue weighted by Gasteiger charge is 2.13. The number of nitrogens with zero attached hydrogens (tertiary/aromatic N) is 3. The number of carbonyl (C=O) groups excluding carboxylic acids is 1. The van der Waals surface area contributed by atoms with Crippen molar-refractivity contribution in [2.75, 3.05) is 23.3 Å². The molecule has 1 saturated heterocycles. The third kappa shape index (κ3) is 4.31. The maximum atomic E-state index is 12.4. The molecule has 4 rings (SSSR count). The molecular weight excluding hydrogens is 372 g/mol. The van der Waals surface area contributed by atoms with Crippen LogP contribution in [0.4, 0.5) is 11.5 Å². The van der Waals surface area contributed by atoms with Crippen LogP contribution in [0.25, 0.3) is 11.3 Å². The van der Waals surface area contributed by atoms with E-state index in [-0.39, 0.29) is 5.91 Å². The van der Waals surface area contributed by atoms with Crippen LogP contribution in [-0.4, -0.2) is 29.2 Å². The normalized spacial score (nSPS) is 14.0. The number of rotatable bonds is 4. The van der Waals surface area contributed by atoms with Crippen LogP contribution in [0.1, 0.15) is 29.6 Å². The first-order chi connectivity index (χ1) is 13.7. The van der Waals surface area contributed by atoms with Crippen molar-refractivity contribution in [3.63, 3.8) is 0 Å². The van der Waals surface area contributed by atoms with Gasteiger partial charge < -0.3 is 10.2 Å². The van der Waals surface area contributed by atoms with Gasteiger partial charge in [0.15, 0.2) is 5.82 Å². The maximum Gasteiger partial charge on any atom is 0.255 e. The lowest BCUT2D eigenvalue weighted by Gasteiger charge is -2.27. The molecule has 1 N–H and O–H groups in total. The second-order valence-electron chi connectivity index (χ2n) is 6.87. The molecule has 0 spiro atoms. The number of benzene rings is 2. The number of carbonyl (C=O) groups is 1. The van der Waals surface area contributed by atoms with E-state index >= 15 is 0 Å². The second-order valence-corrected chi connectivity index (χ2v) is 7.30. The summed E-state index contributed by atoms with van der Waals surface area (Å²) in [6, 6.07) is 18.4. The highest BCUT2D eigenvalue weighted by atomic mass is 35.5. The summed E-state index contributed by atoms with van der Waals surface area (Å²) in [4.78, 5) is 14.7. The quantitative estimate of drug-likeness (QED) is 0.675. The molecule has 0 bridgehead atoms. The molecule has 5 nitrogen and oxygen atoms in total. The molecule has 1 aliphatic rings. The summed E-state index contributed by atoms with van der Waals surface area (Å²) in [5.41, 5.74) is 2.95. The fraction of sp³-hybridized carbons (Fsp3) is 0.227. The van der Waals surface area contributed by atoms with Crippen LogP contribution < -0.4 is 10.2 Å². The van der Waals surface area contributed by atoms with Crippen LogP contribution in [0.2, 0.25) is 5.02 Å². The van der Waals surface area contributed by atoms with E-state index in [1.165, 1.54) is 19.3 Å². The molecule has 2 heterocycles. The topological polar surface area (TPSA) is 58.1 Å². The summed E-state index contributed by atoms with van der Waals surface area (Å²) >= 11 is 5.88. The molecular formula is C22H21ClN4O. The Kier molecular flexibility index (Phi) is 5.53. The Morgan fingerprint density at radius 3 is 2.43 bits per heavy atom. The van der Waals surface area contributed by atoms with E-state index in [9.17, 15) is 4.79 Å². The van der Waals surface area contributed by atoms with Crippen molar-refractivity contribution < 1.29 is 4.79 Å². The molecule has 1 amide bonds. The third-order valence-electron chi connectivity index (χ3n) is 4.85. The highest BCUT2D eigenvalue weighted by molar-refractivity contribution is 6.30. The average Bonchev–Trinajstić information content (AvgIpc) is 2.75. The SMILES string of the molecule is O=C(Nc1cccc(-c2ccc(N3CCCCC3)nn2)c1)c1ccc(Cl)cc1. The van der Waals surface area contributed by atoms with Crippen molar-refractivity contribution in [1.82, 2.24) is 10.2 Å². The zero-order valence-corrected chi connectivity index (χ0v) is 16.2. The molecule has 0 aliphatic carbocycles. The molecule has 2 aromatic carbocycles. The van der Waals surface area contributed by atoms with Gasteiger partial charge in [-0.25, -0.2) is 0 Å². The standard InChI is InChI=1S/C22H21ClN4O/c23-18-9-7-16(8-10-18)22(28)24-19-6-4-5-17(15-19)20-11-12-21(26-25-20)27-13-2-1-3-14-27/h4-12,15H,1-3,13-14H2,(H,24,28). The summed E-state index contributed by atoms with van der Waals surface area (Å²) in [5.74, 6) is 0.746. The number of aromatic nitrogens is 2. The van der Waals surface area contributed by atoms with Crippen LogP contribution in [0.3, 0.4) is 0 Å². The first kappa shape index (κ1) is 18.4. The van der Waals surface area contributed by atoms with E-state index in [0.29, 0.717) is 16.3 Å². The zero-order valence-electron chi connectivity index (χ0n) is 15.4. The number of nitrogens with one attached hydrogen (secondary N) is 1. The fourth-order valence-electron chi connectivity index (χ4n) is 3.33. The Hall–Kier alpha value is -2.92. The van der Waals surface area contributed by atoms with Crippen molar-refractivity contribution in [3.05, 3.63) is 71.2 Å². The molecule has 1 aliphatic heterocycles. The number of anilines is 2. The Labute approximate surface area is 169 Å². The first-order valence-corrected chi connectivity index (χ1v) is 9.83. The Balaban J connectivity index is 1.48. The van der Waals surface area contributed by atoms with Gasteiger partial charge in [-0.1, -0.05) is 23.7 Å². The molecule has 28 heavy (non-hydrogen) atoms. The van der Waals surface area contributed by atoms with Crippen LogP contribution >= 0.6 is 11.6 Å². The highest BCUT2D eigenvalue weighted by Crippen LogP contribution is 2.23. The van der Waals surface area contributed by atoms with Gasteiger partial charge in [0.25, 0.3) is 5.91 Å². The van der Waals surface area contributed by atoms with Crippen LogP contribution in [0.15, 0.2) is 60.7 Å². The summed E-state index contributed by atoms with van der Waals surface area (Å²) in [6.07, 6.45) is 3.70. The van der Waals surface area contributed by atoms with Crippen molar-refractivity contribution in [1.29, 1.82) is 0 Å². The Bertz CT molecular complexity index is 951. The molecule has 0 saturated carbocycles. The minimum Gasteiger partial charge on any atom is -0.355 e. The van der Waals surface area contributed by atoms with Gasteiger partial charge in [0.05, 0.1) is 5.69 Å². The molecule has 1 fully saturated rings. The lowest BCUT2D eigenvalue weighted by molar-refractivity contribution is 0.102. The average molecular weight is 393 g/mol. The molecule has 142 valence electrons. The van der Waals surface area contributed by atoms with Gasteiger partial charge in [0, 0.05) is 34.9 Å². The maximum absolute atomic E-state index is 12.4. The van der Waals surface area contributed by atoms with Crippen LogP contribution in [0.5, 0.6) is 0 Å². The molecule has 3 aromatic rings. The fourth-order valence-corrected chi connectivity index (χ4v) is 3.46. The van der Waals surface area contributed by atoms with Crippen molar-refractivity contribution >= 4 is 29.0 Å². The lowest BCUT2D eigenvalue weighted by Crippen LogP contribution is -2.30. The molecule has 0 radical (unpaired) electrons. The van der Waals surface area contributed by atoms with E-state index in [1.54, 1.807) is 24.3 Å². The second kappa shape index (κ2) is 8.40. The zero-order chi connectivity index (χ0) is 19.3. The predicted octanol–water partition coefficient (Wildman–Crippen LogP) is 5.04. The van der Waals surface area contributed by atoms with Crippen LogP contribution in [-0.2, 0) is 0 Å². The van der Waals surface area contributed by atoms with Gasteiger partial charge in [-0.3, -0.25) is 4.79 Å². The first-order valence-electron chi connectivity index (χ1n) is 9.45. The number of piperidine rings is 1. The van der Waals surface area contributed by atoms with Gasteiger partial charge >= 0.3 is 0 Å². The van der Waals surface area contributed by atoms with Crippen molar-refractivity contribution in [2.45, 2.75) is 19.3 Å². The lowest BCUT2D eigenvalue weighted by atomic mass is 10.1. The summed E-state index contributed by atoms with van der Waals surface area (Å²) in [6.45, 7) is 2.08. The minimum atomic E-state index is -0.180. The summed E-state index contributed by atoms with van der Waals surface area (Å²) < 4.78 is 0. The van der Waals surface area contributed by atoms with Gasteiger partial charge in [0.2, 0.25) is 0 Å². The Morgan fingerprint density at radius 2 is 1.71 bits per heavy atom. The predicted molar refractivity (Wildman–Crippen MR) is 113 cm³/mol. The van der Waals surface area contributed by atoms with E-state index in [2.05, 4.69) is 20.4 Å². The summed E-state index contributed by atoms with van der Waals surface area (Å²) in [7, 11) is 0. The van der Waals surface area contributed by atoms with Gasteiger partial charge in [-0.05, 0) is 67.8 Å². The monoisotopic (exact) mass is 392 g/mol. The number of hydrogen-bond donors (Lipinski definition) is 1. The number of halogens is 1. The van der Waals surface area contributed by atoms with Gasteiger partial charge in [0.1, 0.15) is 0 Å². The molecule has 1 aromatic heterocycles. The number of amides is 1. The summed E-state index contributed by atoms with van der Waals surface area (Å²) in [5, 5.41) is 12.3. The van der Waals surface area contributed by atoms with Gasteiger partial charge in [-0.15, -0.1) is 10.2 Å². The largest absolute Gasteiger partial charge is 0.355 e. The molecule has 0 atom stereocenters. The minimum absolute atomic E-state index is 0.180. The van der Waals surface area contributed by atoms with Gasteiger partial charge in [-0.2, -0.15) is 0 Å². The Morgan fingerprint density at radius 1 is 0.929 bits per heavy atom.